The Morgan fingerprint density at radius 3 is 2.27 bits per heavy atom. The van der Waals surface area contributed by atoms with Crippen LogP contribution in [0.1, 0.15) is 42.4 Å². The van der Waals surface area contributed by atoms with Gasteiger partial charge in [0.15, 0.2) is 0 Å². The number of benzene rings is 3. The molecule has 1 N–H and O–H groups in total. The number of hydrogen-bond donors (Lipinski definition) is 1. The summed E-state index contributed by atoms with van der Waals surface area (Å²) in [5.74, 6) is 8.15. The third kappa shape index (κ3) is 6.93. The zero-order valence-electron chi connectivity index (χ0n) is 24.7. The molecule has 2 amide bonds. The van der Waals surface area contributed by atoms with Crippen LogP contribution in [0.4, 0.5) is 10.5 Å². The maximum absolute atomic E-state index is 13.7. The fourth-order valence-corrected chi connectivity index (χ4v) is 6.49. The molecular weight excluding hydrogens is 508 g/mol. The molecule has 2 aliphatic heterocycles. The van der Waals surface area contributed by atoms with Crippen LogP contribution in [0, 0.1) is 17.8 Å². The number of anilines is 1. The first-order valence-corrected chi connectivity index (χ1v) is 14.7. The lowest BCUT2D eigenvalue weighted by molar-refractivity contribution is -0.0448. The van der Waals surface area contributed by atoms with Gasteiger partial charge >= 0.3 is 6.03 Å². The molecule has 0 aliphatic carbocycles. The molecule has 0 bridgehead atoms. The summed E-state index contributed by atoms with van der Waals surface area (Å²) >= 11 is 0. The van der Waals surface area contributed by atoms with Gasteiger partial charge in [0.05, 0.1) is 7.11 Å². The number of ether oxygens (including phenoxy) is 1. The first-order chi connectivity index (χ1) is 19.9. The van der Waals surface area contributed by atoms with Crippen LogP contribution in [-0.2, 0) is 0 Å². The van der Waals surface area contributed by atoms with Crippen molar-refractivity contribution in [2.24, 2.45) is 5.92 Å². The van der Waals surface area contributed by atoms with Crippen LogP contribution in [0.15, 0.2) is 78.9 Å². The van der Waals surface area contributed by atoms with E-state index in [4.69, 9.17) is 4.74 Å². The third-order valence-corrected chi connectivity index (χ3v) is 8.45. The van der Waals surface area contributed by atoms with Crippen molar-refractivity contribution >= 4 is 11.7 Å². The summed E-state index contributed by atoms with van der Waals surface area (Å²) in [6.45, 7) is 5.80. The minimum Gasteiger partial charge on any atom is -0.497 e. The quantitative estimate of drug-likeness (QED) is 0.397. The Morgan fingerprint density at radius 2 is 1.63 bits per heavy atom. The summed E-state index contributed by atoms with van der Waals surface area (Å²) in [5, 5.41) is 3.14. The number of rotatable bonds is 6. The Labute approximate surface area is 245 Å². The van der Waals surface area contributed by atoms with Crippen LogP contribution < -0.4 is 10.1 Å². The van der Waals surface area contributed by atoms with Crippen molar-refractivity contribution in [2.45, 2.75) is 37.8 Å². The topological polar surface area (TPSA) is 48.1 Å². The van der Waals surface area contributed by atoms with Crippen LogP contribution in [0.5, 0.6) is 5.75 Å². The molecule has 4 atom stereocenters. The highest BCUT2D eigenvalue weighted by Crippen LogP contribution is 2.44. The average molecular weight is 551 g/mol. The number of carbonyl (C=O) groups is 1. The normalized spacial score (nSPS) is 22.4. The SMILES string of the molecule is CC[C@@H]1[C@H](c2ccc(C#Cc3ccccc3)cc2)[C@@H]2CN(C(=O)Nc3ccc(OC)cc3)CC(CN(C)C)CCN12. The fourth-order valence-electron chi connectivity index (χ4n) is 6.49. The molecule has 0 spiro atoms. The Balaban J connectivity index is 1.35. The van der Waals surface area contributed by atoms with Crippen molar-refractivity contribution in [3.05, 3.63) is 95.6 Å². The van der Waals surface area contributed by atoms with Gasteiger partial charge in [0, 0.05) is 54.5 Å². The van der Waals surface area contributed by atoms with Crippen molar-refractivity contribution in [3.8, 4) is 17.6 Å². The molecule has 0 saturated carbocycles. The van der Waals surface area contributed by atoms with Crippen molar-refractivity contribution in [2.75, 3.05) is 52.7 Å². The molecule has 2 fully saturated rings. The molecule has 6 heteroatoms. The predicted octanol–water partition coefficient (Wildman–Crippen LogP) is 5.76. The van der Waals surface area contributed by atoms with Crippen LogP contribution in [0.2, 0.25) is 0 Å². The number of fused-ring (bicyclic) bond motifs is 1. The smallest absolute Gasteiger partial charge is 0.321 e. The highest BCUT2D eigenvalue weighted by molar-refractivity contribution is 5.89. The summed E-state index contributed by atoms with van der Waals surface area (Å²) in [6.07, 6.45) is 2.17. The predicted molar refractivity (Wildman–Crippen MR) is 166 cm³/mol. The number of carbonyl (C=O) groups excluding carboxylic acids is 1. The molecule has 2 aliphatic rings. The molecule has 0 radical (unpaired) electrons. The molecule has 41 heavy (non-hydrogen) atoms. The van der Waals surface area contributed by atoms with E-state index in [1.54, 1.807) is 7.11 Å². The van der Waals surface area contributed by atoms with Gasteiger partial charge in [-0.3, -0.25) is 4.90 Å². The molecule has 0 aromatic heterocycles. The van der Waals surface area contributed by atoms with Crippen molar-refractivity contribution < 1.29 is 9.53 Å². The Bertz CT molecular complexity index is 1340. The van der Waals surface area contributed by atoms with E-state index < -0.39 is 0 Å². The van der Waals surface area contributed by atoms with Crippen molar-refractivity contribution in [1.29, 1.82) is 0 Å². The second-order valence-electron chi connectivity index (χ2n) is 11.5. The lowest BCUT2D eigenvalue weighted by Crippen LogP contribution is -2.67. The van der Waals surface area contributed by atoms with Gasteiger partial charge in [-0.25, -0.2) is 4.79 Å². The van der Waals surface area contributed by atoms with Gasteiger partial charge in [0.1, 0.15) is 5.75 Å². The van der Waals surface area contributed by atoms with E-state index >= 15 is 0 Å². The largest absolute Gasteiger partial charge is 0.497 e. The summed E-state index contributed by atoms with van der Waals surface area (Å²) in [6, 6.07) is 27.2. The second kappa shape index (κ2) is 13.2. The molecule has 3 aromatic rings. The molecule has 1 unspecified atom stereocenters. The number of methoxy groups -OCH3 is 1. The van der Waals surface area contributed by atoms with Crippen LogP contribution in [0.3, 0.4) is 0 Å². The lowest BCUT2D eigenvalue weighted by atomic mass is 9.72. The van der Waals surface area contributed by atoms with E-state index in [0.717, 1.165) is 55.0 Å². The van der Waals surface area contributed by atoms with Gasteiger partial charge in [0.25, 0.3) is 0 Å². The maximum Gasteiger partial charge on any atom is 0.321 e. The monoisotopic (exact) mass is 550 g/mol. The van der Waals surface area contributed by atoms with E-state index in [1.165, 1.54) is 5.56 Å². The Kier molecular flexibility index (Phi) is 9.28. The summed E-state index contributed by atoms with van der Waals surface area (Å²) in [7, 11) is 5.88. The van der Waals surface area contributed by atoms with E-state index in [9.17, 15) is 4.79 Å². The van der Waals surface area contributed by atoms with Crippen LogP contribution >= 0.6 is 0 Å². The van der Waals surface area contributed by atoms with E-state index in [-0.39, 0.29) is 6.03 Å². The van der Waals surface area contributed by atoms with Crippen LogP contribution in [-0.4, -0.2) is 80.2 Å². The highest BCUT2D eigenvalue weighted by Gasteiger charge is 2.49. The van der Waals surface area contributed by atoms with E-state index in [0.29, 0.717) is 30.5 Å². The summed E-state index contributed by atoms with van der Waals surface area (Å²) < 4.78 is 5.28. The number of urea groups is 1. The number of amides is 2. The molecule has 214 valence electrons. The molecule has 5 rings (SSSR count). The number of nitrogens with zero attached hydrogens (tertiary/aromatic N) is 3. The number of hydrogen-bond acceptors (Lipinski definition) is 4. The minimum absolute atomic E-state index is 0.0361. The fraction of sp³-hybridized carbons (Fsp3) is 0.400. The van der Waals surface area contributed by atoms with Gasteiger partial charge in [-0.05, 0) is 93.5 Å². The molecule has 3 aromatic carbocycles. The molecule has 6 nitrogen and oxygen atoms in total. The minimum atomic E-state index is -0.0361. The highest BCUT2D eigenvalue weighted by atomic mass is 16.5. The van der Waals surface area contributed by atoms with Gasteiger partial charge < -0.3 is 19.9 Å². The van der Waals surface area contributed by atoms with E-state index in [1.807, 2.05) is 59.5 Å². The second-order valence-corrected chi connectivity index (χ2v) is 11.5. The first-order valence-electron chi connectivity index (χ1n) is 14.7. The standard InChI is InChI=1S/C35H42N4O2/c1-5-32-34(29-15-13-27(14-16-29)12-11-26-9-7-6-8-10-26)33-25-38(24-28(23-37(2)3)21-22-39(32)33)35(40)36-30-17-19-31(41-4)20-18-30/h6-10,13-20,28,32-34H,5,21-25H2,1-4H3,(H,36,40)/t28?,32-,33+,34+/m1/s1. The zero-order chi connectivity index (χ0) is 28.8. The molecule has 2 heterocycles. The van der Waals surface area contributed by atoms with Gasteiger partial charge in [-0.1, -0.05) is 49.1 Å². The van der Waals surface area contributed by atoms with Crippen molar-refractivity contribution in [3.63, 3.8) is 0 Å². The first kappa shape index (κ1) is 28.7. The maximum atomic E-state index is 13.7. The van der Waals surface area contributed by atoms with Crippen LogP contribution in [0.25, 0.3) is 0 Å². The molecule has 2 saturated heterocycles. The summed E-state index contributed by atoms with van der Waals surface area (Å²) in [5.41, 5.74) is 4.16. The average Bonchev–Trinajstić information content (AvgIpc) is 2.97. The summed E-state index contributed by atoms with van der Waals surface area (Å²) in [4.78, 5) is 20.6. The Hall–Kier alpha value is -3.79. The zero-order valence-corrected chi connectivity index (χ0v) is 24.7. The number of nitrogens with one attached hydrogen (secondary N) is 1. The van der Waals surface area contributed by atoms with Gasteiger partial charge in [0.2, 0.25) is 0 Å². The van der Waals surface area contributed by atoms with Gasteiger partial charge in [-0.15, -0.1) is 0 Å². The third-order valence-electron chi connectivity index (χ3n) is 8.45. The van der Waals surface area contributed by atoms with Gasteiger partial charge in [-0.2, -0.15) is 0 Å². The molecular formula is C35H42N4O2. The van der Waals surface area contributed by atoms with Crippen molar-refractivity contribution in [1.82, 2.24) is 14.7 Å². The van der Waals surface area contributed by atoms with E-state index in [2.05, 4.69) is 72.2 Å². The lowest BCUT2D eigenvalue weighted by Gasteiger charge is -2.58. The Morgan fingerprint density at radius 1 is 0.951 bits per heavy atom.